The molecule has 0 fully saturated rings. The molecule has 3 atom stereocenters. The van der Waals surface area contributed by atoms with E-state index in [-0.39, 0.29) is 23.9 Å². The minimum absolute atomic E-state index is 0.0392. The predicted molar refractivity (Wildman–Crippen MR) is 118 cm³/mol. The average molecular weight is 450 g/mol. The SMILES string of the molecule is COc1ccc([C@H]2[C@@H]3C(=O)C[C@H](c4ccc(F)cc4)C=C3Nc3ncnn32)c(OC)c1OC. The number of anilines is 1. The number of ketones is 1. The van der Waals surface area contributed by atoms with Gasteiger partial charge in [-0.1, -0.05) is 18.2 Å². The molecule has 9 heteroatoms. The van der Waals surface area contributed by atoms with Crippen molar-refractivity contribution in [1.82, 2.24) is 14.8 Å². The summed E-state index contributed by atoms with van der Waals surface area (Å²) in [6, 6.07) is 9.40. The monoisotopic (exact) mass is 450 g/mol. The van der Waals surface area contributed by atoms with E-state index >= 15 is 0 Å². The van der Waals surface area contributed by atoms with Gasteiger partial charge in [0.25, 0.3) is 0 Å². The molecule has 2 aliphatic rings. The van der Waals surface area contributed by atoms with E-state index in [2.05, 4.69) is 15.4 Å². The number of carbonyl (C=O) groups excluding carboxylic acids is 1. The number of nitrogens with one attached hydrogen (secondary N) is 1. The highest BCUT2D eigenvalue weighted by Gasteiger charge is 2.44. The van der Waals surface area contributed by atoms with E-state index in [9.17, 15) is 9.18 Å². The van der Waals surface area contributed by atoms with Crippen molar-refractivity contribution in [1.29, 1.82) is 0 Å². The maximum absolute atomic E-state index is 13.6. The van der Waals surface area contributed by atoms with Crippen molar-refractivity contribution in [2.24, 2.45) is 5.92 Å². The Bertz CT molecular complexity index is 1240. The number of allylic oxidation sites excluding steroid dienone is 2. The van der Waals surface area contributed by atoms with Crippen LogP contribution in [0.4, 0.5) is 10.3 Å². The number of nitrogens with zero attached hydrogens (tertiary/aromatic N) is 3. The highest BCUT2D eigenvalue weighted by Crippen LogP contribution is 2.49. The van der Waals surface area contributed by atoms with E-state index in [1.54, 1.807) is 37.1 Å². The van der Waals surface area contributed by atoms with Gasteiger partial charge in [-0.3, -0.25) is 4.79 Å². The molecule has 0 unspecified atom stereocenters. The lowest BCUT2D eigenvalue weighted by atomic mass is 9.75. The number of ether oxygens (including phenoxy) is 3. The molecule has 1 N–H and O–H groups in total. The van der Waals surface area contributed by atoms with Gasteiger partial charge in [0, 0.05) is 23.6 Å². The maximum atomic E-state index is 13.6. The number of hydrogen-bond donors (Lipinski definition) is 1. The van der Waals surface area contributed by atoms with E-state index in [1.165, 1.54) is 25.6 Å². The lowest BCUT2D eigenvalue weighted by Gasteiger charge is -2.38. The fraction of sp³-hybridized carbons (Fsp3) is 0.292. The second kappa shape index (κ2) is 8.23. The van der Waals surface area contributed by atoms with Crippen LogP contribution in [0, 0.1) is 11.7 Å². The van der Waals surface area contributed by atoms with Gasteiger partial charge >= 0.3 is 0 Å². The van der Waals surface area contributed by atoms with E-state index in [1.807, 2.05) is 12.1 Å². The minimum Gasteiger partial charge on any atom is -0.493 e. The molecule has 0 spiro atoms. The molecule has 1 aromatic heterocycles. The van der Waals surface area contributed by atoms with Crippen molar-refractivity contribution < 1.29 is 23.4 Å². The van der Waals surface area contributed by atoms with Gasteiger partial charge in [-0.25, -0.2) is 9.07 Å². The summed E-state index contributed by atoms with van der Waals surface area (Å²) in [5, 5.41) is 7.66. The highest BCUT2D eigenvalue weighted by atomic mass is 19.1. The normalized spacial score (nSPS) is 21.4. The highest BCUT2D eigenvalue weighted by molar-refractivity contribution is 5.89. The van der Waals surface area contributed by atoms with Crippen LogP contribution >= 0.6 is 0 Å². The van der Waals surface area contributed by atoms with Crippen LogP contribution in [0.3, 0.4) is 0 Å². The number of rotatable bonds is 5. The topological polar surface area (TPSA) is 87.5 Å². The molecule has 3 aromatic rings. The Morgan fingerprint density at radius 2 is 1.79 bits per heavy atom. The van der Waals surface area contributed by atoms with Crippen molar-refractivity contribution in [2.45, 2.75) is 18.4 Å². The van der Waals surface area contributed by atoms with E-state index in [0.717, 1.165) is 16.8 Å². The number of Topliss-reactive ketones (excluding diaryl/α,β-unsaturated/α-hetero) is 1. The zero-order valence-electron chi connectivity index (χ0n) is 18.4. The van der Waals surface area contributed by atoms with Crippen molar-refractivity contribution in [3.63, 3.8) is 0 Å². The van der Waals surface area contributed by atoms with Gasteiger partial charge in [-0.15, -0.1) is 0 Å². The zero-order chi connectivity index (χ0) is 23.1. The second-order valence-electron chi connectivity index (χ2n) is 7.95. The van der Waals surface area contributed by atoms with Crippen LogP contribution in [-0.4, -0.2) is 41.9 Å². The lowest BCUT2D eigenvalue weighted by molar-refractivity contribution is -0.123. The van der Waals surface area contributed by atoms with Gasteiger partial charge in [0.2, 0.25) is 11.7 Å². The van der Waals surface area contributed by atoms with Crippen LogP contribution in [0.15, 0.2) is 54.5 Å². The first-order valence-electron chi connectivity index (χ1n) is 10.5. The fourth-order valence-corrected chi connectivity index (χ4v) is 4.77. The van der Waals surface area contributed by atoms with Crippen molar-refractivity contribution in [2.75, 3.05) is 26.6 Å². The molecule has 2 heterocycles. The standard InChI is InChI=1S/C24H23FN4O4/c1-31-19-9-8-16(22(32-2)23(19)33-3)21-20-17(28-24-26-12-27-29(21)24)10-14(11-18(20)30)13-4-6-15(25)7-5-13/h4-10,12,14,20-21H,11H2,1-3H3,(H,26,27,28)/t14-,20+,21+/m1/s1. The van der Waals surface area contributed by atoms with Gasteiger partial charge in [0.15, 0.2) is 11.5 Å². The molecule has 1 aliphatic carbocycles. The van der Waals surface area contributed by atoms with E-state index in [0.29, 0.717) is 23.2 Å². The first-order chi connectivity index (χ1) is 16.0. The third kappa shape index (κ3) is 3.40. The summed E-state index contributed by atoms with van der Waals surface area (Å²) >= 11 is 0. The number of methoxy groups -OCH3 is 3. The Kier molecular flexibility index (Phi) is 5.24. The van der Waals surface area contributed by atoms with Gasteiger partial charge in [0.05, 0.1) is 33.3 Å². The smallest absolute Gasteiger partial charge is 0.226 e. The number of fused-ring (bicyclic) bond motifs is 2. The third-order valence-electron chi connectivity index (χ3n) is 6.24. The molecule has 0 saturated carbocycles. The summed E-state index contributed by atoms with van der Waals surface area (Å²) < 4.78 is 31.8. The van der Waals surface area contributed by atoms with Crippen molar-refractivity contribution in [3.05, 3.63) is 71.4 Å². The first-order valence-corrected chi connectivity index (χ1v) is 10.5. The minimum atomic E-state index is -0.525. The maximum Gasteiger partial charge on any atom is 0.226 e. The van der Waals surface area contributed by atoms with Gasteiger partial charge in [0.1, 0.15) is 17.9 Å². The summed E-state index contributed by atoms with van der Waals surface area (Å²) in [4.78, 5) is 17.9. The molecule has 0 amide bonds. The van der Waals surface area contributed by atoms with E-state index in [4.69, 9.17) is 14.2 Å². The molecule has 8 nitrogen and oxygen atoms in total. The van der Waals surface area contributed by atoms with Gasteiger partial charge in [-0.05, 0) is 29.8 Å². The van der Waals surface area contributed by atoms with Crippen LogP contribution < -0.4 is 19.5 Å². The van der Waals surface area contributed by atoms with Crippen LogP contribution in [0.1, 0.15) is 29.5 Å². The first kappa shape index (κ1) is 21.0. The molecular formula is C24H23FN4O4. The number of benzene rings is 2. The molecule has 0 radical (unpaired) electrons. The third-order valence-corrected chi connectivity index (χ3v) is 6.24. The Balaban J connectivity index is 1.65. The Morgan fingerprint density at radius 3 is 2.48 bits per heavy atom. The molecule has 5 rings (SSSR count). The molecule has 0 bridgehead atoms. The molecular weight excluding hydrogens is 427 g/mol. The summed E-state index contributed by atoms with van der Waals surface area (Å²) in [6.07, 6.45) is 3.76. The molecule has 33 heavy (non-hydrogen) atoms. The molecule has 0 saturated heterocycles. The van der Waals surface area contributed by atoms with Crippen LogP contribution in [0.5, 0.6) is 17.2 Å². The van der Waals surface area contributed by atoms with E-state index < -0.39 is 12.0 Å². The number of halogens is 1. The van der Waals surface area contributed by atoms with Gasteiger partial charge < -0.3 is 19.5 Å². The number of carbonyl (C=O) groups is 1. The fourth-order valence-electron chi connectivity index (χ4n) is 4.77. The molecule has 2 aromatic carbocycles. The average Bonchev–Trinajstić information content (AvgIpc) is 3.30. The zero-order valence-corrected chi connectivity index (χ0v) is 18.4. The Morgan fingerprint density at radius 1 is 1.03 bits per heavy atom. The summed E-state index contributed by atoms with van der Waals surface area (Å²) in [7, 11) is 4.64. The molecule has 170 valence electrons. The molecule has 1 aliphatic heterocycles. The second-order valence-corrected chi connectivity index (χ2v) is 7.95. The predicted octanol–water partition coefficient (Wildman–Crippen LogP) is 3.71. The van der Waals surface area contributed by atoms with Crippen LogP contribution in [-0.2, 0) is 4.79 Å². The largest absolute Gasteiger partial charge is 0.493 e. The quantitative estimate of drug-likeness (QED) is 0.634. The van der Waals surface area contributed by atoms with Crippen LogP contribution in [0.2, 0.25) is 0 Å². The lowest BCUT2D eigenvalue weighted by Crippen LogP contribution is -2.40. The summed E-state index contributed by atoms with van der Waals surface area (Å²) in [5.74, 6) is 0.990. The van der Waals surface area contributed by atoms with Crippen molar-refractivity contribution >= 4 is 11.7 Å². The van der Waals surface area contributed by atoms with Crippen LogP contribution in [0.25, 0.3) is 0 Å². The summed E-state index contributed by atoms with van der Waals surface area (Å²) in [6.45, 7) is 0. The van der Waals surface area contributed by atoms with Crippen molar-refractivity contribution in [3.8, 4) is 17.2 Å². The Labute approximate surface area is 190 Å². The Hall–Kier alpha value is -3.88. The number of hydrogen-bond acceptors (Lipinski definition) is 7. The summed E-state index contributed by atoms with van der Waals surface area (Å²) in [5.41, 5.74) is 2.35. The van der Waals surface area contributed by atoms with Gasteiger partial charge in [-0.2, -0.15) is 10.1 Å². The number of aromatic nitrogens is 3.